The average molecular weight is 434 g/mol. The van der Waals surface area contributed by atoms with Crippen molar-refractivity contribution in [3.63, 3.8) is 0 Å². The number of fused-ring (bicyclic) bond motifs is 10. The van der Waals surface area contributed by atoms with Crippen LogP contribution >= 0.6 is 0 Å². The zero-order valence-corrected chi connectivity index (χ0v) is 18.3. The van der Waals surface area contributed by atoms with Gasteiger partial charge in [-0.1, -0.05) is 78.9 Å². The van der Waals surface area contributed by atoms with Crippen molar-refractivity contribution >= 4 is 65.3 Å². The molecule has 0 bridgehead atoms. The molecule has 0 saturated carbocycles. The Hall–Kier alpha value is -4.56. The summed E-state index contributed by atoms with van der Waals surface area (Å²) in [5.74, 6) is 0. The highest BCUT2D eigenvalue weighted by Gasteiger charge is 2.18. The Morgan fingerprint density at radius 3 is 1.68 bits per heavy atom. The van der Waals surface area contributed by atoms with Crippen molar-refractivity contribution in [2.75, 3.05) is 0 Å². The summed E-state index contributed by atoms with van der Waals surface area (Å²) >= 11 is 0. The van der Waals surface area contributed by atoms with Crippen LogP contribution in [-0.2, 0) is 0 Å². The van der Waals surface area contributed by atoms with Crippen LogP contribution in [0.5, 0.6) is 0 Å². The molecule has 0 saturated heterocycles. The van der Waals surface area contributed by atoms with Gasteiger partial charge < -0.3 is 8.98 Å². The molecule has 0 spiro atoms. The van der Waals surface area contributed by atoms with E-state index in [-0.39, 0.29) is 0 Å². The second-order valence-corrected chi connectivity index (χ2v) is 8.98. The molecule has 158 valence electrons. The van der Waals surface area contributed by atoms with Gasteiger partial charge >= 0.3 is 0 Å². The lowest BCUT2D eigenvalue weighted by molar-refractivity contribution is 0.669. The topological polar surface area (TPSA) is 18.1 Å². The quantitative estimate of drug-likeness (QED) is 0.253. The van der Waals surface area contributed by atoms with Gasteiger partial charge in [-0.3, -0.25) is 0 Å². The Bertz CT molecular complexity index is 1980. The van der Waals surface area contributed by atoms with Gasteiger partial charge in [0.25, 0.3) is 0 Å². The minimum atomic E-state index is 0.918. The third-order valence-corrected chi connectivity index (χ3v) is 7.16. The molecule has 0 radical (unpaired) electrons. The molecule has 0 atom stereocenters. The van der Waals surface area contributed by atoms with Gasteiger partial charge in [0.2, 0.25) is 0 Å². The Kier molecular flexibility index (Phi) is 3.42. The fourth-order valence-electron chi connectivity index (χ4n) is 5.68. The third-order valence-electron chi connectivity index (χ3n) is 7.16. The summed E-state index contributed by atoms with van der Waals surface area (Å²) in [5, 5.41) is 10.0. The predicted molar refractivity (Wildman–Crippen MR) is 143 cm³/mol. The van der Waals surface area contributed by atoms with Crippen LogP contribution in [0.3, 0.4) is 0 Å². The van der Waals surface area contributed by atoms with Crippen molar-refractivity contribution in [3.05, 3.63) is 115 Å². The smallest absolute Gasteiger partial charge is 0.135 e. The Labute approximate surface area is 195 Å². The first-order valence-corrected chi connectivity index (χ1v) is 11.6. The van der Waals surface area contributed by atoms with Crippen molar-refractivity contribution in [1.29, 1.82) is 0 Å². The maximum atomic E-state index is 6.11. The van der Waals surface area contributed by atoms with Gasteiger partial charge in [-0.2, -0.15) is 0 Å². The highest BCUT2D eigenvalue weighted by atomic mass is 16.3. The molecule has 2 nitrogen and oxygen atoms in total. The normalized spacial score (nSPS) is 12.1. The summed E-state index contributed by atoms with van der Waals surface area (Å²) in [7, 11) is 0. The largest absolute Gasteiger partial charge is 0.456 e. The zero-order chi connectivity index (χ0) is 22.2. The summed E-state index contributed by atoms with van der Waals surface area (Å²) < 4.78 is 8.51. The van der Waals surface area contributed by atoms with E-state index in [2.05, 4.69) is 108 Å². The fraction of sp³-hybridized carbons (Fsp3) is 0. The SMILES string of the molecule is c1ccc2c(c1)ccc1c2c2c3ccccc3ccc2n1-c1ccc2oc3ccccc3c2c1. The van der Waals surface area contributed by atoms with Gasteiger partial charge in [0.15, 0.2) is 0 Å². The van der Waals surface area contributed by atoms with Gasteiger partial charge in [-0.15, -0.1) is 0 Å². The van der Waals surface area contributed by atoms with Gasteiger partial charge in [0, 0.05) is 27.2 Å². The van der Waals surface area contributed by atoms with Crippen molar-refractivity contribution in [2.24, 2.45) is 0 Å². The molecule has 2 aromatic heterocycles. The molecule has 0 aliphatic heterocycles. The molecule has 2 heteroatoms. The second kappa shape index (κ2) is 6.49. The molecule has 0 aliphatic rings. The van der Waals surface area contributed by atoms with E-state index < -0.39 is 0 Å². The number of nitrogens with zero attached hydrogens (tertiary/aromatic N) is 1. The average Bonchev–Trinajstić information content (AvgIpc) is 3.44. The zero-order valence-electron chi connectivity index (χ0n) is 18.3. The standard InChI is InChI=1S/C32H19NO/c1-3-9-23-20(7-1)13-16-27-31(23)32-24-10-4-2-8-21(24)14-17-28(32)33(27)22-15-18-30-26(19-22)25-11-5-6-12-29(25)34-30/h1-19H. The maximum absolute atomic E-state index is 6.11. The lowest BCUT2D eigenvalue weighted by Crippen LogP contribution is -1.93. The number of aromatic nitrogens is 1. The highest BCUT2D eigenvalue weighted by molar-refractivity contribution is 6.28. The molecule has 34 heavy (non-hydrogen) atoms. The second-order valence-electron chi connectivity index (χ2n) is 8.98. The molecular weight excluding hydrogens is 414 g/mol. The van der Waals surface area contributed by atoms with Crippen LogP contribution in [-0.4, -0.2) is 4.57 Å². The van der Waals surface area contributed by atoms with Gasteiger partial charge in [-0.25, -0.2) is 0 Å². The van der Waals surface area contributed by atoms with E-state index in [4.69, 9.17) is 4.42 Å². The van der Waals surface area contributed by atoms with Gasteiger partial charge in [0.1, 0.15) is 11.2 Å². The Balaban J connectivity index is 1.59. The third kappa shape index (κ3) is 2.29. The molecule has 0 amide bonds. The van der Waals surface area contributed by atoms with Gasteiger partial charge in [0.05, 0.1) is 11.0 Å². The number of benzene rings is 6. The van der Waals surface area contributed by atoms with E-state index in [9.17, 15) is 0 Å². The highest BCUT2D eigenvalue weighted by Crippen LogP contribution is 2.41. The van der Waals surface area contributed by atoms with Crippen LogP contribution in [0.4, 0.5) is 0 Å². The molecule has 8 aromatic rings. The first-order valence-electron chi connectivity index (χ1n) is 11.6. The number of para-hydroxylation sites is 1. The maximum Gasteiger partial charge on any atom is 0.135 e. The van der Waals surface area contributed by atoms with E-state index in [0.29, 0.717) is 0 Å². The summed E-state index contributed by atoms with van der Waals surface area (Å²) in [6.07, 6.45) is 0. The minimum Gasteiger partial charge on any atom is -0.456 e. The van der Waals surface area contributed by atoms with Crippen molar-refractivity contribution in [1.82, 2.24) is 4.57 Å². The fourth-order valence-corrected chi connectivity index (χ4v) is 5.68. The first kappa shape index (κ1) is 17.9. The molecule has 2 heterocycles. The summed E-state index contributed by atoms with van der Waals surface area (Å²) in [6, 6.07) is 41.2. The predicted octanol–water partition coefficient (Wildman–Crippen LogP) is 8.99. The van der Waals surface area contributed by atoms with E-state index in [1.807, 2.05) is 12.1 Å². The van der Waals surface area contributed by atoms with Crippen molar-refractivity contribution in [2.45, 2.75) is 0 Å². The van der Waals surface area contributed by atoms with E-state index in [1.165, 1.54) is 43.4 Å². The van der Waals surface area contributed by atoms with Crippen molar-refractivity contribution in [3.8, 4) is 5.69 Å². The number of rotatable bonds is 1. The Morgan fingerprint density at radius 2 is 1.00 bits per heavy atom. The van der Waals surface area contributed by atoms with Crippen LogP contribution in [0, 0.1) is 0 Å². The number of furan rings is 1. The van der Waals surface area contributed by atoms with E-state index in [0.717, 1.165) is 27.6 Å². The molecule has 6 aromatic carbocycles. The summed E-state index contributed by atoms with van der Waals surface area (Å²) in [6.45, 7) is 0. The summed E-state index contributed by atoms with van der Waals surface area (Å²) in [4.78, 5) is 0. The molecule has 0 unspecified atom stereocenters. The summed E-state index contributed by atoms with van der Waals surface area (Å²) in [5.41, 5.74) is 5.43. The molecule has 8 rings (SSSR count). The number of hydrogen-bond donors (Lipinski definition) is 0. The molecule has 0 fully saturated rings. The molecular formula is C32H19NO. The van der Waals surface area contributed by atoms with Crippen LogP contribution in [0.15, 0.2) is 120 Å². The first-order chi connectivity index (χ1) is 16.9. The van der Waals surface area contributed by atoms with Gasteiger partial charge in [-0.05, 0) is 57.9 Å². The van der Waals surface area contributed by atoms with E-state index >= 15 is 0 Å². The lowest BCUT2D eigenvalue weighted by atomic mass is 10.00. The number of hydrogen-bond acceptors (Lipinski definition) is 1. The van der Waals surface area contributed by atoms with Crippen LogP contribution in [0.1, 0.15) is 0 Å². The molecule has 0 aliphatic carbocycles. The van der Waals surface area contributed by atoms with Crippen LogP contribution in [0.25, 0.3) is 71.0 Å². The monoisotopic (exact) mass is 433 g/mol. The van der Waals surface area contributed by atoms with E-state index in [1.54, 1.807) is 0 Å². The lowest BCUT2D eigenvalue weighted by Gasteiger charge is -2.09. The van der Waals surface area contributed by atoms with Crippen LogP contribution in [0.2, 0.25) is 0 Å². The van der Waals surface area contributed by atoms with Crippen LogP contribution < -0.4 is 0 Å². The minimum absolute atomic E-state index is 0.918. The van der Waals surface area contributed by atoms with Crippen molar-refractivity contribution < 1.29 is 4.42 Å². The molecule has 0 N–H and O–H groups in total. The Morgan fingerprint density at radius 1 is 0.441 bits per heavy atom.